The Kier molecular flexibility index (Phi) is 3.86. The maximum atomic E-state index is 11.4. The van der Waals surface area contributed by atoms with E-state index in [1.807, 2.05) is 0 Å². The Balaban J connectivity index is 1.81. The molecule has 1 aliphatic rings. The molecular weight excluding hydrogens is 240 g/mol. The number of rotatable bonds is 7. The van der Waals surface area contributed by atoms with E-state index in [-0.39, 0.29) is 5.09 Å². The van der Waals surface area contributed by atoms with Crippen molar-refractivity contribution in [3.05, 3.63) is 17.9 Å². The second-order valence-electron chi connectivity index (χ2n) is 4.34. The Morgan fingerprint density at radius 1 is 1.41 bits per heavy atom. The van der Waals surface area contributed by atoms with Crippen molar-refractivity contribution in [2.45, 2.75) is 30.9 Å². The van der Waals surface area contributed by atoms with Crippen LogP contribution in [0.15, 0.2) is 21.6 Å². The van der Waals surface area contributed by atoms with Crippen LogP contribution in [-0.2, 0) is 16.6 Å². The van der Waals surface area contributed by atoms with Crippen molar-refractivity contribution in [1.29, 1.82) is 0 Å². The number of furan rings is 1. The molecule has 0 aliphatic heterocycles. The van der Waals surface area contributed by atoms with Crippen molar-refractivity contribution < 1.29 is 12.8 Å². The summed E-state index contributed by atoms with van der Waals surface area (Å²) in [6, 6.07) is 3.16. The molecule has 1 saturated carbocycles. The first kappa shape index (κ1) is 12.6. The van der Waals surface area contributed by atoms with Gasteiger partial charge in [-0.2, -0.15) is 0 Å². The van der Waals surface area contributed by atoms with Gasteiger partial charge >= 0.3 is 0 Å². The highest BCUT2D eigenvalue weighted by Gasteiger charge is 2.20. The molecule has 17 heavy (non-hydrogen) atoms. The molecule has 0 bridgehead atoms. The van der Waals surface area contributed by atoms with Crippen LogP contribution in [0.1, 0.15) is 25.0 Å². The molecule has 2 rings (SSSR count). The van der Waals surface area contributed by atoms with Crippen LogP contribution in [0.5, 0.6) is 0 Å². The predicted molar refractivity (Wildman–Crippen MR) is 64.0 cm³/mol. The van der Waals surface area contributed by atoms with E-state index >= 15 is 0 Å². The highest BCUT2D eigenvalue weighted by molar-refractivity contribution is 7.89. The molecule has 0 saturated heterocycles. The lowest BCUT2D eigenvalue weighted by Crippen LogP contribution is -2.18. The van der Waals surface area contributed by atoms with Gasteiger partial charge in [-0.3, -0.25) is 0 Å². The molecule has 1 aromatic heterocycles. The summed E-state index contributed by atoms with van der Waals surface area (Å²) in [7, 11) is -2.09. The normalized spacial score (nSPS) is 16.3. The lowest BCUT2D eigenvalue weighted by molar-refractivity contribution is 0.399. The van der Waals surface area contributed by atoms with E-state index in [0.717, 1.165) is 12.5 Å². The average molecular weight is 258 g/mol. The average Bonchev–Trinajstić information content (AvgIpc) is 3.01. The Bertz CT molecular complexity index is 463. The van der Waals surface area contributed by atoms with Gasteiger partial charge in [-0.1, -0.05) is 12.8 Å². The molecule has 0 atom stereocenters. The quantitative estimate of drug-likeness (QED) is 0.718. The lowest BCUT2D eigenvalue weighted by Gasteiger charge is -2.01. The van der Waals surface area contributed by atoms with Gasteiger partial charge in [0.25, 0.3) is 10.0 Å². The standard InChI is InChI=1S/C11H18N2O3S/c1-12-17(14,15)11-5-4-10(16-11)8-13-7-6-9-2-3-9/h4-5,9,12-13H,2-3,6-8H2,1H3. The fourth-order valence-corrected chi connectivity index (χ4v) is 2.29. The molecule has 0 aromatic carbocycles. The van der Waals surface area contributed by atoms with Gasteiger partial charge < -0.3 is 9.73 Å². The van der Waals surface area contributed by atoms with E-state index in [1.54, 1.807) is 6.07 Å². The van der Waals surface area contributed by atoms with Gasteiger partial charge in [-0.05, 0) is 38.1 Å². The van der Waals surface area contributed by atoms with Crippen LogP contribution in [0.25, 0.3) is 0 Å². The van der Waals surface area contributed by atoms with Crippen LogP contribution in [0.3, 0.4) is 0 Å². The van der Waals surface area contributed by atoms with E-state index in [0.29, 0.717) is 12.3 Å². The number of sulfonamides is 1. The largest absolute Gasteiger partial charge is 0.447 e. The van der Waals surface area contributed by atoms with E-state index in [2.05, 4.69) is 10.0 Å². The zero-order valence-electron chi connectivity index (χ0n) is 9.90. The van der Waals surface area contributed by atoms with Crippen LogP contribution >= 0.6 is 0 Å². The molecule has 0 amide bonds. The topological polar surface area (TPSA) is 71.3 Å². The SMILES string of the molecule is CNS(=O)(=O)c1ccc(CNCCC2CC2)o1. The first-order chi connectivity index (χ1) is 8.12. The Morgan fingerprint density at radius 3 is 2.82 bits per heavy atom. The zero-order chi connectivity index (χ0) is 12.3. The Labute approximate surface area is 102 Å². The van der Waals surface area contributed by atoms with Crippen molar-refractivity contribution >= 4 is 10.0 Å². The molecule has 5 nitrogen and oxygen atoms in total. The van der Waals surface area contributed by atoms with Crippen molar-refractivity contribution in [2.75, 3.05) is 13.6 Å². The van der Waals surface area contributed by atoms with Crippen molar-refractivity contribution in [1.82, 2.24) is 10.0 Å². The van der Waals surface area contributed by atoms with Crippen molar-refractivity contribution in [3.63, 3.8) is 0 Å². The third kappa shape index (κ3) is 3.55. The highest BCUT2D eigenvalue weighted by atomic mass is 32.2. The molecule has 0 spiro atoms. The molecule has 96 valence electrons. The van der Waals surface area contributed by atoms with E-state index < -0.39 is 10.0 Å². The molecule has 6 heteroatoms. The Morgan fingerprint density at radius 2 is 2.18 bits per heavy atom. The van der Waals surface area contributed by atoms with E-state index in [4.69, 9.17) is 4.42 Å². The zero-order valence-corrected chi connectivity index (χ0v) is 10.7. The van der Waals surface area contributed by atoms with Crippen LogP contribution in [0.2, 0.25) is 0 Å². The molecule has 2 N–H and O–H groups in total. The van der Waals surface area contributed by atoms with E-state index in [1.165, 1.54) is 32.4 Å². The number of nitrogens with one attached hydrogen (secondary N) is 2. The molecule has 0 unspecified atom stereocenters. The molecule has 1 heterocycles. The fourth-order valence-electron chi connectivity index (χ4n) is 1.62. The second-order valence-corrected chi connectivity index (χ2v) is 6.15. The van der Waals surface area contributed by atoms with Gasteiger partial charge in [-0.15, -0.1) is 0 Å². The minimum absolute atomic E-state index is 0.0287. The van der Waals surface area contributed by atoms with Crippen molar-refractivity contribution in [3.8, 4) is 0 Å². The van der Waals surface area contributed by atoms with Gasteiger partial charge in [0, 0.05) is 0 Å². The maximum Gasteiger partial charge on any atom is 0.273 e. The summed E-state index contributed by atoms with van der Waals surface area (Å²) in [6.45, 7) is 1.53. The minimum Gasteiger partial charge on any atom is -0.447 e. The first-order valence-electron chi connectivity index (χ1n) is 5.85. The third-order valence-corrected chi connectivity index (χ3v) is 4.18. The van der Waals surface area contributed by atoms with Gasteiger partial charge in [0.15, 0.2) is 0 Å². The predicted octanol–water partition coefficient (Wildman–Crippen LogP) is 1.08. The first-order valence-corrected chi connectivity index (χ1v) is 7.33. The molecule has 0 radical (unpaired) electrons. The molecule has 1 fully saturated rings. The summed E-state index contributed by atoms with van der Waals surface area (Å²) in [4.78, 5) is 0. The summed E-state index contributed by atoms with van der Waals surface area (Å²) in [6.07, 6.45) is 3.91. The molecule has 1 aliphatic carbocycles. The van der Waals surface area contributed by atoms with Crippen LogP contribution in [-0.4, -0.2) is 22.0 Å². The number of hydrogen-bond donors (Lipinski definition) is 2. The Hall–Kier alpha value is -0.850. The summed E-state index contributed by atoms with van der Waals surface area (Å²) in [5, 5.41) is 3.22. The van der Waals surface area contributed by atoms with Crippen LogP contribution in [0, 0.1) is 5.92 Å². The van der Waals surface area contributed by atoms with Crippen LogP contribution in [0.4, 0.5) is 0 Å². The summed E-state index contributed by atoms with van der Waals surface area (Å²) >= 11 is 0. The molecular formula is C11H18N2O3S. The second kappa shape index (κ2) is 5.20. The fraction of sp³-hybridized carbons (Fsp3) is 0.636. The summed E-state index contributed by atoms with van der Waals surface area (Å²) < 4.78 is 30.3. The van der Waals surface area contributed by atoms with Gasteiger partial charge in [0.1, 0.15) is 5.76 Å². The van der Waals surface area contributed by atoms with E-state index in [9.17, 15) is 8.42 Å². The highest BCUT2D eigenvalue weighted by Crippen LogP contribution is 2.31. The van der Waals surface area contributed by atoms with Gasteiger partial charge in [0.05, 0.1) is 6.54 Å². The van der Waals surface area contributed by atoms with Crippen molar-refractivity contribution in [2.24, 2.45) is 5.92 Å². The third-order valence-electron chi connectivity index (χ3n) is 2.90. The lowest BCUT2D eigenvalue weighted by atomic mass is 10.3. The van der Waals surface area contributed by atoms with Gasteiger partial charge in [0.2, 0.25) is 5.09 Å². The maximum absolute atomic E-state index is 11.4. The number of hydrogen-bond acceptors (Lipinski definition) is 4. The van der Waals surface area contributed by atoms with Crippen LogP contribution < -0.4 is 10.0 Å². The summed E-state index contributed by atoms with van der Waals surface area (Å²) in [5.41, 5.74) is 0. The monoisotopic (exact) mass is 258 g/mol. The molecule has 1 aromatic rings. The van der Waals surface area contributed by atoms with Gasteiger partial charge in [-0.25, -0.2) is 13.1 Å². The minimum atomic E-state index is -3.46. The summed E-state index contributed by atoms with van der Waals surface area (Å²) in [5.74, 6) is 1.55. The smallest absolute Gasteiger partial charge is 0.273 e.